The monoisotopic (exact) mass is 505 g/mol. The molecule has 0 atom stereocenters. The van der Waals surface area contributed by atoms with Crippen molar-refractivity contribution in [1.82, 2.24) is 9.55 Å². The number of ether oxygens (including phenoxy) is 1. The second-order valence-electron chi connectivity index (χ2n) is 7.73. The molecule has 0 radical (unpaired) electrons. The third-order valence-corrected chi connectivity index (χ3v) is 5.99. The number of para-hydroxylation sites is 1. The van der Waals surface area contributed by atoms with Gasteiger partial charge in [-0.1, -0.05) is 47.5 Å². The van der Waals surface area contributed by atoms with E-state index in [2.05, 4.69) is 9.98 Å². The van der Waals surface area contributed by atoms with E-state index in [0.717, 1.165) is 20.7 Å². The summed E-state index contributed by atoms with van der Waals surface area (Å²) in [4.78, 5) is 31.7. The van der Waals surface area contributed by atoms with Crippen molar-refractivity contribution in [2.75, 3.05) is 0 Å². The zero-order valence-electron chi connectivity index (χ0n) is 18.0. The van der Waals surface area contributed by atoms with E-state index in [1.807, 2.05) is 24.3 Å². The molecule has 5 rings (SSSR count). The number of benzene rings is 3. The molecule has 2 N–H and O–H groups in total. The first-order valence-electron chi connectivity index (χ1n) is 10.5. The lowest BCUT2D eigenvalue weighted by Gasteiger charge is -2.12. The van der Waals surface area contributed by atoms with Crippen molar-refractivity contribution in [3.05, 3.63) is 125 Å². The van der Waals surface area contributed by atoms with E-state index < -0.39 is 17.1 Å². The summed E-state index contributed by atoms with van der Waals surface area (Å²) in [7, 11) is 0. The number of allylic oxidation sites excluding steroid dienone is 1. The Morgan fingerprint density at radius 2 is 1.80 bits per heavy atom. The van der Waals surface area contributed by atoms with Crippen LogP contribution < -0.4 is 26.6 Å². The minimum atomic E-state index is -0.771. The standard InChI is InChI=1S/C26H17Cl2N3O4/c27-17-6-5-16(22(28)12-17)14-35-20-9-7-19(8-10-20)31-25(33)21(24(32)30-26(31)34)13-18-11-15-3-1-2-4-23(15)29-18/h1-13,33H,14H2,(H,30,32,34). The van der Waals surface area contributed by atoms with Gasteiger partial charge in [0.2, 0.25) is 5.88 Å². The normalized spacial score (nSPS) is 13.3. The van der Waals surface area contributed by atoms with Gasteiger partial charge in [0, 0.05) is 20.8 Å². The Labute approximate surface area is 208 Å². The molecule has 174 valence electrons. The number of halogens is 2. The van der Waals surface area contributed by atoms with Gasteiger partial charge in [0.15, 0.2) is 0 Å². The fourth-order valence-corrected chi connectivity index (χ4v) is 4.13. The Morgan fingerprint density at radius 3 is 2.54 bits per heavy atom. The van der Waals surface area contributed by atoms with Crippen LogP contribution in [-0.2, 0) is 6.61 Å². The van der Waals surface area contributed by atoms with Gasteiger partial charge in [-0.3, -0.25) is 9.78 Å². The van der Waals surface area contributed by atoms with Gasteiger partial charge >= 0.3 is 5.69 Å². The topological polar surface area (TPSA) is 96.7 Å². The second kappa shape index (κ2) is 9.29. The van der Waals surface area contributed by atoms with Crippen molar-refractivity contribution < 1.29 is 9.84 Å². The number of H-pyrrole nitrogens is 1. The van der Waals surface area contributed by atoms with E-state index in [9.17, 15) is 14.7 Å². The maximum absolute atomic E-state index is 12.5. The smallest absolute Gasteiger partial charge is 0.335 e. The van der Waals surface area contributed by atoms with Crippen molar-refractivity contribution in [2.45, 2.75) is 6.61 Å². The van der Waals surface area contributed by atoms with Gasteiger partial charge in [0.25, 0.3) is 5.56 Å². The predicted octanol–water partition coefficient (Wildman–Crippen LogP) is 3.57. The largest absolute Gasteiger partial charge is 0.494 e. The Hall–Kier alpha value is -4.07. The van der Waals surface area contributed by atoms with Gasteiger partial charge in [-0.25, -0.2) is 14.4 Å². The van der Waals surface area contributed by atoms with E-state index in [1.165, 1.54) is 6.08 Å². The molecule has 1 aliphatic heterocycles. The molecule has 35 heavy (non-hydrogen) atoms. The highest BCUT2D eigenvalue weighted by Gasteiger charge is 2.15. The Kier molecular flexibility index (Phi) is 6.03. The molecule has 0 spiro atoms. The van der Waals surface area contributed by atoms with Crippen LogP contribution in [0.2, 0.25) is 10.0 Å². The predicted molar refractivity (Wildman–Crippen MR) is 135 cm³/mol. The highest BCUT2D eigenvalue weighted by molar-refractivity contribution is 6.35. The minimum absolute atomic E-state index is 0.0786. The van der Waals surface area contributed by atoms with Crippen molar-refractivity contribution in [1.29, 1.82) is 0 Å². The summed E-state index contributed by atoms with van der Waals surface area (Å²) in [6, 6.07) is 19.1. The van der Waals surface area contributed by atoms with Gasteiger partial charge in [-0.05, 0) is 54.6 Å². The van der Waals surface area contributed by atoms with E-state index in [1.54, 1.807) is 48.5 Å². The summed E-state index contributed by atoms with van der Waals surface area (Å²) >= 11 is 12.1. The first kappa shape index (κ1) is 22.7. The number of rotatable bonds is 5. The van der Waals surface area contributed by atoms with Crippen LogP contribution in [0.5, 0.6) is 11.6 Å². The van der Waals surface area contributed by atoms with E-state index in [4.69, 9.17) is 27.9 Å². The van der Waals surface area contributed by atoms with Crippen LogP contribution in [0, 0.1) is 0 Å². The van der Waals surface area contributed by atoms with Crippen molar-refractivity contribution in [2.24, 2.45) is 4.99 Å². The first-order valence-corrected chi connectivity index (χ1v) is 11.3. The number of aromatic hydroxyl groups is 1. The van der Waals surface area contributed by atoms with Crippen LogP contribution in [0.25, 0.3) is 17.8 Å². The molecule has 0 aliphatic carbocycles. The zero-order chi connectivity index (χ0) is 24.5. The Balaban J connectivity index is 1.44. The molecule has 0 amide bonds. The van der Waals surface area contributed by atoms with Gasteiger partial charge < -0.3 is 9.84 Å². The average Bonchev–Trinajstić information content (AvgIpc) is 3.25. The molecule has 0 saturated heterocycles. The van der Waals surface area contributed by atoms with Crippen molar-refractivity contribution in [3.8, 4) is 17.3 Å². The molecule has 7 nitrogen and oxygen atoms in total. The van der Waals surface area contributed by atoms with Crippen LogP contribution in [0.15, 0.2) is 87.0 Å². The summed E-state index contributed by atoms with van der Waals surface area (Å²) in [5, 5.41) is 13.5. The minimum Gasteiger partial charge on any atom is -0.494 e. The molecule has 2 heterocycles. The second-order valence-corrected chi connectivity index (χ2v) is 8.58. The quantitative estimate of drug-likeness (QED) is 0.433. The molecule has 1 aromatic heterocycles. The zero-order valence-corrected chi connectivity index (χ0v) is 19.5. The molecule has 1 aliphatic rings. The third-order valence-electron chi connectivity index (χ3n) is 5.41. The number of aromatic amines is 1. The first-order chi connectivity index (χ1) is 16.9. The van der Waals surface area contributed by atoms with Crippen LogP contribution >= 0.6 is 23.2 Å². The van der Waals surface area contributed by atoms with E-state index in [0.29, 0.717) is 27.2 Å². The molecule has 0 bridgehead atoms. The van der Waals surface area contributed by atoms with Gasteiger partial charge in [0.1, 0.15) is 17.9 Å². The summed E-state index contributed by atoms with van der Waals surface area (Å²) in [5.41, 5.74) is 0.0360. The molecule has 0 saturated carbocycles. The number of aromatic nitrogens is 2. The highest BCUT2D eigenvalue weighted by atomic mass is 35.5. The number of hydrogen-bond donors (Lipinski definition) is 2. The van der Waals surface area contributed by atoms with Crippen LogP contribution in [0.4, 0.5) is 0 Å². The molecule has 3 aromatic carbocycles. The highest BCUT2D eigenvalue weighted by Crippen LogP contribution is 2.24. The van der Waals surface area contributed by atoms with Crippen LogP contribution in [0.1, 0.15) is 11.1 Å². The fourth-order valence-electron chi connectivity index (χ4n) is 3.66. The molecule has 9 heteroatoms. The van der Waals surface area contributed by atoms with Crippen LogP contribution in [-0.4, -0.2) is 14.7 Å². The van der Waals surface area contributed by atoms with Gasteiger partial charge in [0.05, 0.1) is 16.7 Å². The summed E-state index contributed by atoms with van der Waals surface area (Å²) < 4.78 is 6.77. The van der Waals surface area contributed by atoms with E-state index in [-0.39, 0.29) is 12.2 Å². The van der Waals surface area contributed by atoms with E-state index >= 15 is 0 Å². The lowest BCUT2D eigenvalue weighted by Crippen LogP contribution is -2.30. The molecule has 4 aromatic rings. The van der Waals surface area contributed by atoms with Gasteiger partial charge in [-0.15, -0.1) is 0 Å². The Morgan fingerprint density at radius 1 is 1.03 bits per heavy atom. The average molecular weight is 506 g/mol. The molecule has 0 unspecified atom stereocenters. The summed E-state index contributed by atoms with van der Waals surface area (Å²) in [6.07, 6.45) is 3.24. The number of nitrogens with one attached hydrogen (secondary N) is 1. The summed E-state index contributed by atoms with van der Waals surface area (Å²) in [5.74, 6) is 0.0311. The van der Waals surface area contributed by atoms with Gasteiger partial charge in [-0.2, -0.15) is 0 Å². The summed E-state index contributed by atoms with van der Waals surface area (Å²) in [6.45, 7) is 0.222. The molecule has 0 fully saturated rings. The molecular formula is C26H17Cl2N3O4. The Bertz CT molecular complexity index is 1680. The maximum atomic E-state index is 12.5. The fraction of sp³-hybridized carbons (Fsp3) is 0.0385. The number of hydrogen-bond acceptors (Lipinski definition) is 5. The lowest BCUT2D eigenvalue weighted by molar-refractivity contribution is 0.306. The SMILES string of the molecule is O=c1[nH]c(=O)n(-c2ccc(OCc3ccc(Cl)cc3Cl)cc2)c(O)c1C=C1C=c2ccccc2=N1. The number of fused-ring (bicyclic) bond motifs is 1. The molecular weight excluding hydrogens is 489 g/mol. The number of nitrogens with zero attached hydrogens (tertiary/aromatic N) is 2. The third kappa shape index (κ3) is 4.64. The van der Waals surface area contributed by atoms with Crippen molar-refractivity contribution in [3.63, 3.8) is 0 Å². The lowest BCUT2D eigenvalue weighted by atomic mass is 10.2. The van der Waals surface area contributed by atoms with Crippen LogP contribution in [0.3, 0.4) is 0 Å². The van der Waals surface area contributed by atoms with Crippen molar-refractivity contribution >= 4 is 35.4 Å². The maximum Gasteiger partial charge on any atom is 0.335 e.